The molecular weight excluding hydrogens is 364 g/mol. The van der Waals surface area contributed by atoms with Crippen LogP contribution in [0.5, 0.6) is 5.75 Å². The van der Waals surface area contributed by atoms with Crippen molar-refractivity contribution in [2.45, 2.75) is 96.8 Å². The van der Waals surface area contributed by atoms with Crippen molar-refractivity contribution in [3.63, 3.8) is 0 Å². The third kappa shape index (κ3) is 14.4. The molecule has 0 aromatic heterocycles. The minimum absolute atomic E-state index is 0. The molecule has 4 heteroatoms. The van der Waals surface area contributed by atoms with E-state index >= 15 is 0 Å². The van der Waals surface area contributed by atoms with E-state index in [0.717, 1.165) is 12.8 Å². The maximum atomic E-state index is 11.1. The molecule has 1 N–H and O–H groups in total. The molecule has 0 fully saturated rings. The first-order valence-electron chi connectivity index (χ1n) is 10.7. The van der Waals surface area contributed by atoms with E-state index in [1.165, 1.54) is 77.0 Å². The Hall–Kier alpha value is -0.250. The van der Waals surface area contributed by atoms with Crippen molar-refractivity contribution in [2.75, 3.05) is 6.61 Å². The predicted molar refractivity (Wildman–Crippen MR) is 118 cm³/mol. The van der Waals surface area contributed by atoms with E-state index in [2.05, 4.69) is 6.92 Å². The molecule has 27 heavy (non-hydrogen) atoms. The molecule has 0 saturated heterocycles. The third-order valence-corrected chi connectivity index (χ3v) is 4.87. The van der Waals surface area contributed by atoms with Crippen LogP contribution < -0.4 is 4.74 Å². The fraction of sp³-hybridized carbons (Fsp3) is 0.696. The molecule has 152 valence electrons. The minimum atomic E-state index is -0.929. The quantitative estimate of drug-likeness (QED) is 0.244. The Morgan fingerprint density at radius 1 is 0.778 bits per heavy atom. The van der Waals surface area contributed by atoms with Crippen LogP contribution in [0.4, 0.5) is 0 Å². The van der Waals surface area contributed by atoms with Crippen molar-refractivity contribution < 1.29 is 14.6 Å². The second-order valence-electron chi connectivity index (χ2n) is 7.25. The molecule has 0 aliphatic rings. The number of carboxylic acids is 1. The molecule has 0 spiro atoms. The topological polar surface area (TPSA) is 46.5 Å². The standard InChI is InChI=1S/C23H38O3.Ca.2H/c1-2-3-4-5-6-7-8-9-10-11-12-13-14-17-20-26-22-19-16-15-18-21(22)23(24)25;;;/h15-16,18-19H,2-14,17,20H2,1H3,(H,24,25);;;. The molecule has 0 radical (unpaired) electrons. The van der Waals surface area contributed by atoms with Crippen molar-refractivity contribution in [3.05, 3.63) is 29.8 Å². The average molecular weight is 405 g/mol. The van der Waals surface area contributed by atoms with Gasteiger partial charge in [0.05, 0.1) is 6.61 Å². The van der Waals surface area contributed by atoms with Crippen LogP contribution in [-0.4, -0.2) is 55.4 Å². The summed E-state index contributed by atoms with van der Waals surface area (Å²) in [5, 5.41) is 9.11. The van der Waals surface area contributed by atoms with Crippen LogP contribution in [0.25, 0.3) is 0 Å². The SMILES string of the molecule is CCCCCCCCCCCCCCCCOc1ccccc1C(=O)O.[CaH2]. The average Bonchev–Trinajstić information content (AvgIpc) is 2.65. The van der Waals surface area contributed by atoms with E-state index in [4.69, 9.17) is 9.84 Å². The number of para-hydroxylation sites is 1. The molecule has 0 bridgehead atoms. The number of hydrogen-bond acceptors (Lipinski definition) is 2. The Labute approximate surface area is 196 Å². The molecule has 0 heterocycles. The zero-order valence-electron chi connectivity index (χ0n) is 16.7. The first kappa shape index (κ1) is 26.7. The first-order chi connectivity index (χ1) is 12.8. The molecule has 0 unspecified atom stereocenters. The van der Waals surface area contributed by atoms with E-state index in [1.54, 1.807) is 18.2 Å². The Bertz CT molecular complexity index is 476. The molecule has 1 rings (SSSR count). The number of rotatable bonds is 17. The molecule has 0 saturated carbocycles. The number of carboxylic acid groups (broad SMARTS) is 1. The summed E-state index contributed by atoms with van der Waals surface area (Å²) in [6, 6.07) is 6.85. The van der Waals surface area contributed by atoms with Crippen molar-refractivity contribution in [1.29, 1.82) is 0 Å². The number of ether oxygens (including phenoxy) is 1. The number of unbranched alkanes of at least 4 members (excludes halogenated alkanes) is 13. The van der Waals surface area contributed by atoms with Gasteiger partial charge in [0.2, 0.25) is 0 Å². The third-order valence-electron chi connectivity index (χ3n) is 4.87. The second kappa shape index (κ2) is 19.1. The summed E-state index contributed by atoms with van der Waals surface area (Å²) in [7, 11) is 0. The summed E-state index contributed by atoms with van der Waals surface area (Å²) in [5.74, 6) is -0.448. The van der Waals surface area contributed by atoms with E-state index < -0.39 is 5.97 Å². The van der Waals surface area contributed by atoms with Gasteiger partial charge >= 0.3 is 43.7 Å². The van der Waals surface area contributed by atoms with Crippen LogP contribution in [-0.2, 0) is 0 Å². The summed E-state index contributed by atoms with van der Waals surface area (Å²) in [5.41, 5.74) is 0.248. The van der Waals surface area contributed by atoms with Gasteiger partial charge < -0.3 is 9.84 Å². The number of carbonyl (C=O) groups is 1. The first-order valence-corrected chi connectivity index (χ1v) is 10.7. The van der Waals surface area contributed by atoms with Gasteiger partial charge in [-0.05, 0) is 18.6 Å². The molecule has 0 amide bonds. The van der Waals surface area contributed by atoms with Gasteiger partial charge in [-0.25, -0.2) is 4.79 Å². The number of benzene rings is 1. The van der Waals surface area contributed by atoms with Gasteiger partial charge in [0, 0.05) is 0 Å². The van der Waals surface area contributed by atoms with E-state index in [0.29, 0.717) is 12.4 Å². The Balaban J connectivity index is 0.00000676. The van der Waals surface area contributed by atoms with Crippen molar-refractivity contribution in [1.82, 2.24) is 0 Å². The van der Waals surface area contributed by atoms with Gasteiger partial charge in [-0.2, -0.15) is 0 Å². The molecule has 0 aliphatic heterocycles. The molecule has 3 nitrogen and oxygen atoms in total. The normalized spacial score (nSPS) is 10.4. The van der Waals surface area contributed by atoms with Crippen LogP contribution in [0.1, 0.15) is 107 Å². The summed E-state index contributed by atoms with van der Waals surface area (Å²) in [6.07, 6.45) is 18.6. The molecule has 1 aromatic carbocycles. The van der Waals surface area contributed by atoms with Gasteiger partial charge in [0.1, 0.15) is 11.3 Å². The van der Waals surface area contributed by atoms with E-state index in [1.807, 2.05) is 6.07 Å². The van der Waals surface area contributed by atoms with Crippen molar-refractivity contribution in [3.8, 4) is 5.75 Å². The molecular formula is C23H40CaO3. The zero-order chi connectivity index (χ0) is 18.9. The summed E-state index contributed by atoms with van der Waals surface area (Å²) in [6.45, 7) is 2.87. The summed E-state index contributed by atoms with van der Waals surface area (Å²) >= 11 is 0. The fourth-order valence-electron chi connectivity index (χ4n) is 3.25. The predicted octanol–water partition coefficient (Wildman–Crippen LogP) is 6.33. The van der Waals surface area contributed by atoms with Crippen LogP contribution in [0.2, 0.25) is 0 Å². The summed E-state index contributed by atoms with van der Waals surface area (Å²) in [4.78, 5) is 11.1. The van der Waals surface area contributed by atoms with Crippen LogP contribution in [0.15, 0.2) is 24.3 Å². The van der Waals surface area contributed by atoms with Gasteiger partial charge in [-0.15, -0.1) is 0 Å². The van der Waals surface area contributed by atoms with Crippen molar-refractivity contribution in [2.24, 2.45) is 0 Å². The van der Waals surface area contributed by atoms with Gasteiger partial charge in [-0.1, -0.05) is 103 Å². The fourth-order valence-corrected chi connectivity index (χ4v) is 3.25. The van der Waals surface area contributed by atoms with Gasteiger partial charge in [0.15, 0.2) is 0 Å². The van der Waals surface area contributed by atoms with E-state index in [9.17, 15) is 4.79 Å². The summed E-state index contributed by atoms with van der Waals surface area (Å²) < 4.78 is 5.62. The van der Waals surface area contributed by atoms with Crippen LogP contribution in [0.3, 0.4) is 0 Å². The van der Waals surface area contributed by atoms with Crippen molar-refractivity contribution >= 4 is 43.7 Å². The second-order valence-corrected chi connectivity index (χ2v) is 7.25. The number of hydrogen-bond donors (Lipinski definition) is 1. The molecule has 0 atom stereocenters. The van der Waals surface area contributed by atoms with Gasteiger partial charge in [0.25, 0.3) is 0 Å². The molecule has 1 aromatic rings. The Morgan fingerprint density at radius 3 is 1.70 bits per heavy atom. The zero-order valence-corrected chi connectivity index (χ0v) is 16.7. The van der Waals surface area contributed by atoms with Crippen LogP contribution >= 0.6 is 0 Å². The maximum absolute atomic E-state index is 11.1. The molecule has 0 aliphatic carbocycles. The van der Waals surface area contributed by atoms with Crippen LogP contribution in [0, 0.1) is 0 Å². The number of aromatic carboxylic acids is 1. The Morgan fingerprint density at radius 2 is 1.22 bits per heavy atom. The monoisotopic (exact) mass is 404 g/mol. The Kier molecular flexibility index (Phi) is 18.9. The van der Waals surface area contributed by atoms with E-state index in [-0.39, 0.29) is 43.3 Å². The van der Waals surface area contributed by atoms with Gasteiger partial charge in [-0.3, -0.25) is 0 Å².